The fraction of sp³-hybridized carbons (Fsp3) is 0.833. The highest BCUT2D eigenvalue weighted by Gasteiger charge is 2.21. The van der Waals surface area contributed by atoms with Crippen molar-refractivity contribution in [2.75, 3.05) is 13.1 Å². The van der Waals surface area contributed by atoms with Crippen LogP contribution in [0.4, 0.5) is 0 Å². The van der Waals surface area contributed by atoms with E-state index in [0.717, 1.165) is 25.8 Å². The molecule has 2 amide bonds. The van der Waals surface area contributed by atoms with E-state index in [4.69, 9.17) is 0 Å². The molecule has 0 aromatic heterocycles. The summed E-state index contributed by atoms with van der Waals surface area (Å²) in [7, 11) is 0. The van der Waals surface area contributed by atoms with Gasteiger partial charge in [0.05, 0.1) is 0 Å². The van der Waals surface area contributed by atoms with Crippen molar-refractivity contribution in [3.05, 3.63) is 0 Å². The second-order valence-electron chi connectivity index (χ2n) is 4.77. The Morgan fingerprint density at radius 1 is 1.47 bits per heavy atom. The molecule has 17 heavy (non-hydrogen) atoms. The van der Waals surface area contributed by atoms with Crippen LogP contribution in [0.5, 0.6) is 0 Å². The zero-order valence-corrected chi connectivity index (χ0v) is 10.7. The Labute approximate surface area is 103 Å². The van der Waals surface area contributed by atoms with E-state index in [2.05, 4.69) is 16.0 Å². The Balaban J connectivity index is 2.26. The van der Waals surface area contributed by atoms with Crippen LogP contribution in [0, 0.1) is 0 Å². The molecule has 0 aromatic carbocycles. The first-order chi connectivity index (χ1) is 8.09. The highest BCUT2D eigenvalue weighted by atomic mass is 16.2. The molecule has 1 aliphatic rings. The first-order valence-corrected chi connectivity index (χ1v) is 6.40. The first kappa shape index (κ1) is 14.0. The second-order valence-corrected chi connectivity index (χ2v) is 4.77. The summed E-state index contributed by atoms with van der Waals surface area (Å²) in [5.41, 5.74) is 0. The smallest absolute Gasteiger partial charge is 0.242 e. The minimum Gasteiger partial charge on any atom is -0.354 e. The predicted molar refractivity (Wildman–Crippen MR) is 66.5 cm³/mol. The van der Waals surface area contributed by atoms with E-state index in [-0.39, 0.29) is 17.9 Å². The zero-order valence-electron chi connectivity index (χ0n) is 10.7. The van der Waals surface area contributed by atoms with Crippen molar-refractivity contribution in [1.82, 2.24) is 16.0 Å². The molecule has 0 aromatic rings. The molecule has 0 bridgehead atoms. The van der Waals surface area contributed by atoms with Crippen LogP contribution < -0.4 is 16.0 Å². The molecule has 1 rings (SSSR count). The monoisotopic (exact) mass is 241 g/mol. The SMILES string of the molecule is CC(C)NCCC(=O)NC1CCCCNC1=O. The molecule has 5 heteroatoms. The summed E-state index contributed by atoms with van der Waals surface area (Å²) in [6.45, 7) is 5.45. The normalized spacial score (nSPS) is 20.9. The van der Waals surface area contributed by atoms with Gasteiger partial charge in [-0.25, -0.2) is 0 Å². The average Bonchev–Trinajstić information content (AvgIpc) is 2.44. The van der Waals surface area contributed by atoms with Gasteiger partial charge in [-0.3, -0.25) is 9.59 Å². The molecule has 3 N–H and O–H groups in total. The Kier molecular flexibility index (Phi) is 5.97. The van der Waals surface area contributed by atoms with E-state index in [1.54, 1.807) is 0 Å². The van der Waals surface area contributed by atoms with Crippen LogP contribution in [0.15, 0.2) is 0 Å². The van der Waals surface area contributed by atoms with Gasteiger partial charge in [-0.2, -0.15) is 0 Å². The van der Waals surface area contributed by atoms with Crippen molar-refractivity contribution in [2.24, 2.45) is 0 Å². The molecule has 1 unspecified atom stereocenters. The number of amides is 2. The molecule has 0 spiro atoms. The van der Waals surface area contributed by atoms with Gasteiger partial charge in [-0.15, -0.1) is 0 Å². The molecule has 1 atom stereocenters. The molecular weight excluding hydrogens is 218 g/mol. The van der Waals surface area contributed by atoms with Crippen LogP contribution in [0.1, 0.15) is 39.5 Å². The molecular formula is C12H23N3O2. The molecule has 98 valence electrons. The van der Waals surface area contributed by atoms with Gasteiger partial charge in [0.1, 0.15) is 6.04 Å². The topological polar surface area (TPSA) is 70.2 Å². The zero-order chi connectivity index (χ0) is 12.7. The molecule has 1 heterocycles. The fourth-order valence-corrected chi connectivity index (χ4v) is 1.82. The second kappa shape index (κ2) is 7.27. The van der Waals surface area contributed by atoms with Crippen molar-refractivity contribution < 1.29 is 9.59 Å². The van der Waals surface area contributed by atoms with Gasteiger partial charge in [-0.1, -0.05) is 13.8 Å². The van der Waals surface area contributed by atoms with E-state index in [0.29, 0.717) is 19.0 Å². The van der Waals surface area contributed by atoms with Crippen molar-refractivity contribution in [2.45, 2.75) is 51.6 Å². The van der Waals surface area contributed by atoms with Crippen LogP contribution in [0.25, 0.3) is 0 Å². The van der Waals surface area contributed by atoms with E-state index in [1.165, 1.54) is 0 Å². The minimum absolute atomic E-state index is 0.0485. The van der Waals surface area contributed by atoms with Crippen molar-refractivity contribution >= 4 is 11.8 Å². The summed E-state index contributed by atoms with van der Waals surface area (Å²) in [5.74, 6) is -0.104. The summed E-state index contributed by atoms with van der Waals surface area (Å²) in [6.07, 6.45) is 3.14. The summed E-state index contributed by atoms with van der Waals surface area (Å²) < 4.78 is 0. The third-order valence-electron chi connectivity index (χ3n) is 2.78. The minimum atomic E-state index is -0.343. The average molecular weight is 241 g/mol. The summed E-state index contributed by atoms with van der Waals surface area (Å²) in [4.78, 5) is 23.2. The quantitative estimate of drug-likeness (QED) is 0.642. The van der Waals surface area contributed by atoms with Crippen LogP contribution >= 0.6 is 0 Å². The van der Waals surface area contributed by atoms with Crippen molar-refractivity contribution in [1.29, 1.82) is 0 Å². The van der Waals surface area contributed by atoms with Crippen LogP contribution in [-0.2, 0) is 9.59 Å². The Morgan fingerprint density at radius 3 is 2.94 bits per heavy atom. The number of carbonyl (C=O) groups is 2. The lowest BCUT2D eigenvalue weighted by Gasteiger charge is -2.15. The molecule has 0 saturated carbocycles. The molecule has 5 nitrogen and oxygen atoms in total. The first-order valence-electron chi connectivity index (χ1n) is 6.40. The Bertz CT molecular complexity index is 266. The maximum absolute atomic E-state index is 11.6. The largest absolute Gasteiger partial charge is 0.354 e. The lowest BCUT2D eigenvalue weighted by Crippen LogP contribution is -2.46. The third kappa shape index (κ3) is 5.68. The molecule has 1 aliphatic heterocycles. The van der Waals surface area contributed by atoms with Crippen LogP contribution in [0.3, 0.4) is 0 Å². The van der Waals surface area contributed by atoms with Crippen molar-refractivity contribution in [3.8, 4) is 0 Å². The van der Waals surface area contributed by atoms with Crippen LogP contribution in [-0.4, -0.2) is 37.0 Å². The molecule has 1 fully saturated rings. The fourth-order valence-electron chi connectivity index (χ4n) is 1.82. The maximum Gasteiger partial charge on any atom is 0.242 e. The molecule has 1 saturated heterocycles. The van der Waals surface area contributed by atoms with Gasteiger partial charge in [0.15, 0.2) is 0 Å². The third-order valence-corrected chi connectivity index (χ3v) is 2.78. The number of nitrogens with one attached hydrogen (secondary N) is 3. The maximum atomic E-state index is 11.6. The van der Waals surface area contributed by atoms with Crippen molar-refractivity contribution in [3.63, 3.8) is 0 Å². The van der Waals surface area contributed by atoms with Gasteiger partial charge >= 0.3 is 0 Å². The van der Waals surface area contributed by atoms with Gasteiger partial charge in [0, 0.05) is 25.6 Å². The van der Waals surface area contributed by atoms with Gasteiger partial charge < -0.3 is 16.0 Å². The van der Waals surface area contributed by atoms with Gasteiger partial charge in [-0.05, 0) is 19.3 Å². The number of carbonyl (C=O) groups excluding carboxylic acids is 2. The number of hydrogen-bond donors (Lipinski definition) is 3. The lowest BCUT2D eigenvalue weighted by atomic mass is 10.1. The highest BCUT2D eigenvalue weighted by molar-refractivity contribution is 5.87. The van der Waals surface area contributed by atoms with E-state index < -0.39 is 0 Å². The predicted octanol–water partition coefficient (Wildman–Crippen LogP) is 0.159. The van der Waals surface area contributed by atoms with Crippen LogP contribution in [0.2, 0.25) is 0 Å². The van der Waals surface area contributed by atoms with E-state index in [9.17, 15) is 9.59 Å². The highest BCUT2D eigenvalue weighted by Crippen LogP contribution is 2.05. The van der Waals surface area contributed by atoms with E-state index >= 15 is 0 Å². The summed E-state index contributed by atoms with van der Waals surface area (Å²) in [6, 6.07) is 0.0352. The van der Waals surface area contributed by atoms with Gasteiger partial charge in [0.2, 0.25) is 11.8 Å². The lowest BCUT2D eigenvalue weighted by molar-refractivity contribution is -0.128. The number of hydrogen-bond acceptors (Lipinski definition) is 3. The van der Waals surface area contributed by atoms with E-state index in [1.807, 2.05) is 13.8 Å². The Hall–Kier alpha value is -1.10. The van der Waals surface area contributed by atoms with Gasteiger partial charge in [0.25, 0.3) is 0 Å². The molecule has 0 radical (unpaired) electrons. The molecule has 0 aliphatic carbocycles. The summed E-state index contributed by atoms with van der Waals surface area (Å²) in [5, 5.41) is 8.77. The standard InChI is InChI=1S/C12H23N3O2/c1-9(2)13-8-6-11(16)15-10-5-3-4-7-14-12(10)17/h9-10,13H,3-8H2,1-2H3,(H,14,17)(H,15,16). The number of rotatable bonds is 5. The summed E-state index contributed by atoms with van der Waals surface area (Å²) >= 11 is 0. The Morgan fingerprint density at radius 2 is 2.24 bits per heavy atom.